The molecule has 2 atom stereocenters. The molecule has 1 aromatic heterocycles. The van der Waals surface area contributed by atoms with E-state index in [1.807, 2.05) is 36.4 Å². The first-order valence-corrected chi connectivity index (χ1v) is 12.2. The molecule has 184 valence electrons. The molecule has 1 fully saturated rings. The van der Waals surface area contributed by atoms with Crippen LogP contribution in [0.25, 0.3) is 0 Å². The second-order valence-electron chi connectivity index (χ2n) is 9.06. The summed E-state index contributed by atoms with van der Waals surface area (Å²) in [5, 5.41) is 5.87. The van der Waals surface area contributed by atoms with E-state index in [-0.39, 0.29) is 11.7 Å². The Morgan fingerprint density at radius 3 is 2.46 bits per heavy atom. The lowest BCUT2D eigenvalue weighted by atomic mass is 10.0. The highest BCUT2D eigenvalue weighted by Gasteiger charge is 2.26. The summed E-state index contributed by atoms with van der Waals surface area (Å²) < 4.78 is 5.19. The highest BCUT2D eigenvalue weighted by atomic mass is 16.3. The summed E-state index contributed by atoms with van der Waals surface area (Å²) in [4.78, 5) is 30.5. The van der Waals surface area contributed by atoms with Crippen molar-refractivity contribution in [2.24, 2.45) is 0 Å². The molecular weight excluding hydrogens is 440 g/mol. The molecule has 0 radical (unpaired) electrons. The van der Waals surface area contributed by atoms with E-state index in [0.717, 1.165) is 38.2 Å². The van der Waals surface area contributed by atoms with Crippen molar-refractivity contribution in [2.75, 3.05) is 39.8 Å². The van der Waals surface area contributed by atoms with Crippen molar-refractivity contribution in [1.29, 1.82) is 0 Å². The Hall–Kier alpha value is -3.42. The molecule has 0 bridgehead atoms. The number of nitrogens with zero attached hydrogens (tertiary/aromatic N) is 2. The zero-order chi connectivity index (χ0) is 24.5. The standard InChI is InChI=1S/C28H34N4O3/c1-31-17-18-32(25(21-31)23-12-6-3-7-13-23)16-9-15-29-27(33)24(20-22-10-4-2-5-11-22)30-28(34)26-14-8-19-35-26/h2-8,10-14,19,24-25H,9,15-18,20-21H2,1H3,(H,29,33)(H,30,34). The quantitative estimate of drug-likeness (QED) is 0.442. The van der Waals surface area contributed by atoms with Crippen LogP contribution in [0.2, 0.25) is 0 Å². The van der Waals surface area contributed by atoms with Crippen LogP contribution in [0.5, 0.6) is 0 Å². The molecule has 2 N–H and O–H groups in total. The number of carbonyl (C=O) groups is 2. The van der Waals surface area contributed by atoms with Crippen molar-refractivity contribution in [3.8, 4) is 0 Å². The lowest BCUT2D eigenvalue weighted by Crippen LogP contribution is -2.49. The van der Waals surface area contributed by atoms with E-state index in [1.54, 1.807) is 12.1 Å². The molecule has 35 heavy (non-hydrogen) atoms. The minimum Gasteiger partial charge on any atom is -0.459 e. The maximum absolute atomic E-state index is 13.1. The minimum absolute atomic E-state index is 0.188. The SMILES string of the molecule is CN1CCN(CCCNC(=O)C(Cc2ccccc2)NC(=O)c2ccco2)C(c2ccccc2)C1. The zero-order valence-electron chi connectivity index (χ0n) is 20.2. The highest BCUT2D eigenvalue weighted by Crippen LogP contribution is 2.24. The Bertz CT molecular complexity index is 1060. The molecule has 2 amide bonds. The molecule has 2 heterocycles. The van der Waals surface area contributed by atoms with Crippen molar-refractivity contribution in [3.63, 3.8) is 0 Å². The number of nitrogens with one attached hydrogen (secondary N) is 2. The van der Waals surface area contributed by atoms with Gasteiger partial charge in [0.15, 0.2) is 5.76 Å². The highest BCUT2D eigenvalue weighted by molar-refractivity contribution is 5.95. The molecule has 2 aromatic carbocycles. The number of likely N-dealkylation sites (N-methyl/N-ethyl adjacent to an activating group) is 1. The Labute approximate surface area is 207 Å². The largest absolute Gasteiger partial charge is 0.459 e. The maximum atomic E-state index is 13.1. The van der Waals surface area contributed by atoms with Gasteiger partial charge < -0.3 is 20.0 Å². The zero-order valence-corrected chi connectivity index (χ0v) is 20.2. The van der Waals surface area contributed by atoms with E-state index in [0.29, 0.717) is 19.0 Å². The van der Waals surface area contributed by atoms with Gasteiger partial charge in [0, 0.05) is 45.2 Å². The molecule has 1 aliphatic heterocycles. The van der Waals surface area contributed by atoms with Crippen molar-refractivity contribution in [3.05, 3.63) is 95.9 Å². The first-order chi connectivity index (χ1) is 17.1. The summed E-state index contributed by atoms with van der Waals surface area (Å²) in [6, 6.07) is 23.2. The van der Waals surface area contributed by atoms with Gasteiger partial charge in [-0.15, -0.1) is 0 Å². The third-order valence-electron chi connectivity index (χ3n) is 6.45. The topological polar surface area (TPSA) is 77.8 Å². The number of carbonyl (C=O) groups excluding carboxylic acids is 2. The third-order valence-corrected chi connectivity index (χ3v) is 6.45. The molecule has 0 saturated carbocycles. The van der Waals surface area contributed by atoms with Crippen LogP contribution in [0.3, 0.4) is 0 Å². The smallest absolute Gasteiger partial charge is 0.287 e. The molecule has 0 spiro atoms. The van der Waals surface area contributed by atoms with E-state index < -0.39 is 11.9 Å². The van der Waals surface area contributed by atoms with Gasteiger partial charge in [-0.1, -0.05) is 60.7 Å². The Kier molecular flexibility index (Phi) is 8.70. The molecule has 7 nitrogen and oxygen atoms in total. The van der Waals surface area contributed by atoms with Crippen LogP contribution in [-0.4, -0.2) is 67.4 Å². The van der Waals surface area contributed by atoms with Gasteiger partial charge in [-0.05, 0) is 36.7 Å². The number of hydrogen-bond acceptors (Lipinski definition) is 5. The average molecular weight is 475 g/mol. The summed E-state index contributed by atoms with van der Waals surface area (Å²) in [5.74, 6) is -0.390. The number of rotatable bonds is 10. The average Bonchev–Trinajstić information content (AvgIpc) is 3.43. The lowest BCUT2D eigenvalue weighted by Gasteiger charge is -2.40. The van der Waals surface area contributed by atoms with Gasteiger partial charge in [0.1, 0.15) is 6.04 Å². The minimum atomic E-state index is -0.685. The molecule has 1 aliphatic rings. The van der Waals surface area contributed by atoms with Crippen LogP contribution in [0, 0.1) is 0 Å². The molecule has 1 saturated heterocycles. The van der Waals surface area contributed by atoms with E-state index in [9.17, 15) is 9.59 Å². The van der Waals surface area contributed by atoms with Crippen molar-refractivity contribution >= 4 is 11.8 Å². The van der Waals surface area contributed by atoms with Crippen LogP contribution in [0.15, 0.2) is 83.5 Å². The lowest BCUT2D eigenvalue weighted by molar-refractivity contribution is -0.123. The van der Waals surface area contributed by atoms with Gasteiger partial charge in [0.05, 0.1) is 6.26 Å². The van der Waals surface area contributed by atoms with Crippen LogP contribution in [0.1, 0.15) is 34.1 Å². The number of benzene rings is 2. The molecule has 4 rings (SSSR count). The van der Waals surface area contributed by atoms with E-state index >= 15 is 0 Å². The Morgan fingerprint density at radius 1 is 1.00 bits per heavy atom. The normalized spacial score (nSPS) is 17.6. The van der Waals surface area contributed by atoms with Crippen LogP contribution in [0.4, 0.5) is 0 Å². The third kappa shape index (κ3) is 7.04. The fourth-order valence-electron chi connectivity index (χ4n) is 4.53. The van der Waals surface area contributed by atoms with Crippen molar-refractivity contribution < 1.29 is 14.0 Å². The monoisotopic (exact) mass is 474 g/mol. The molecule has 7 heteroatoms. The summed E-state index contributed by atoms with van der Waals surface area (Å²) >= 11 is 0. The van der Waals surface area contributed by atoms with Gasteiger partial charge in [0.2, 0.25) is 5.91 Å². The summed E-state index contributed by atoms with van der Waals surface area (Å²) in [6.45, 7) is 4.48. The maximum Gasteiger partial charge on any atom is 0.287 e. The van der Waals surface area contributed by atoms with Crippen LogP contribution < -0.4 is 10.6 Å². The first kappa shape index (κ1) is 24.7. The van der Waals surface area contributed by atoms with Gasteiger partial charge in [-0.25, -0.2) is 0 Å². The van der Waals surface area contributed by atoms with Gasteiger partial charge in [-0.3, -0.25) is 14.5 Å². The fourth-order valence-corrected chi connectivity index (χ4v) is 4.53. The number of piperazine rings is 1. The van der Waals surface area contributed by atoms with Crippen molar-refractivity contribution in [2.45, 2.75) is 24.9 Å². The van der Waals surface area contributed by atoms with E-state index in [1.165, 1.54) is 11.8 Å². The predicted molar refractivity (Wildman–Crippen MR) is 136 cm³/mol. The van der Waals surface area contributed by atoms with Crippen molar-refractivity contribution in [1.82, 2.24) is 20.4 Å². The molecular formula is C28H34N4O3. The summed E-state index contributed by atoms with van der Waals surface area (Å²) in [7, 11) is 2.16. The van der Waals surface area contributed by atoms with Crippen LogP contribution in [-0.2, 0) is 11.2 Å². The number of furan rings is 1. The molecule has 0 aliphatic carbocycles. The predicted octanol–water partition coefficient (Wildman–Crippen LogP) is 3.12. The molecule has 2 unspecified atom stereocenters. The van der Waals surface area contributed by atoms with E-state index in [2.05, 4.69) is 51.7 Å². The fraction of sp³-hybridized carbons (Fsp3) is 0.357. The van der Waals surface area contributed by atoms with E-state index in [4.69, 9.17) is 4.42 Å². The number of hydrogen-bond donors (Lipinski definition) is 2. The van der Waals surface area contributed by atoms with Gasteiger partial charge >= 0.3 is 0 Å². The second kappa shape index (κ2) is 12.3. The van der Waals surface area contributed by atoms with Gasteiger partial charge in [0.25, 0.3) is 5.91 Å². The Balaban J connectivity index is 1.32. The van der Waals surface area contributed by atoms with Crippen LogP contribution >= 0.6 is 0 Å². The second-order valence-corrected chi connectivity index (χ2v) is 9.06. The summed E-state index contributed by atoms with van der Waals surface area (Å²) in [5.41, 5.74) is 2.31. The number of amides is 2. The molecule has 3 aromatic rings. The first-order valence-electron chi connectivity index (χ1n) is 12.2. The van der Waals surface area contributed by atoms with Gasteiger partial charge in [-0.2, -0.15) is 0 Å². The summed E-state index contributed by atoms with van der Waals surface area (Å²) in [6.07, 6.45) is 2.69. The Morgan fingerprint density at radius 2 is 1.74 bits per heavy atom.